The lowest BCUT2D eigenvalue weighted by atomic mass is 10.0. The zero-order valence-electron chi connectivity index (χ0n) is 26.4. The minimum Gasteiger partial charge on any atom is -0.478 e. The van der Waals surface area contributed by atoms with Gasteiger partial charge in [0, 0.05) is 24.0 Å². The van der Waals surface area contributed by atoms with Gasteiger partial charge in [-0.05, 0) is 72.5 Å². The molecule has 0 unspecified atom stereocenters. The highest BCUT2D eigenvalue weighted by Crippen LogP contribution is 2.36. The first-order valence-electron chi connectivity index (χ1n) is 16.0. The molecule has 0 radical (unpaired) electrons. The molecule has 1 aromatic heterocycles. The van der Waals surface area contributed by atoms with Crippen LogP contribution in [0.1, 0.15) is 102 Å². The number of para-hydroxylation sites is 1. The molecule has 0 saturated heterocycles. The van der Waals surface area contributed by atoms with Crippen molar-refractivity contribution >= 4 is 34.7 Å². The number of nitrogens with zero attached hydrogens (tertiary/aromatic N) is 2. The van der Waals surface area contributed by atoms with Crippen molar-refractivity contribution in [2.24, 2.45) is 0 Å². The Balaban J connectivity index is 1.85. The lowest BCUT2D eigenvalue weighted by Crippen LogP contribution is -2.34. The maximum atomic E-state index is 14.3. The van der Waals surface area contributed by atoms with E-state index in [-0.39, 0.29) is 17.9 Å². The molecular formula is C37H41FN2O6. The molecule has 1 heterocycles. The van der Waals surface area contributed by atoms with Crippen LogP contribution in [-0.4, -0.2) is 56.5 Å². The van der Waals surface area contributed by atoms with Crippen LogP contribution in [0.3, 0.4) is 0 Å². The predicted molar refractivity (Wildman–Crippen MR) is 176 cm³/mol. The number of carboxylic acids is 2. The number of halogens is 1. The van der Waals surface area contributed by atoms with Crippen molar-refractivity contribution < 1.29 is 33.8 Å². The standard InChI is InChI=1S/C37H41FN2O6/c1-3-5-7-11-21-39(22-12-8-6-4-2)33(41)24-30-28-13-9-10-14-32(28)40(34(30)25-15-18-27(38)19-16-25)35(42)26-17-20-29(36(43)44)31(23-26)37(45)46/h9-10,13-20,23H,3-8,11-12,21-22,24H2,1-2H3,(H,43,44)(H,45,46). The molecule has 0 atom stereocenters. The van der Waals surface area contributed by atoms with Crippen LogP contribution in [0.5, 0.6) is 0 Å². The zero-order chi connectivity index (χ0) is 33.2. The van der Waals surface area contributed by atoms with Gasteiger partial charge in [0.05, 0.1) is 28.8 Å². The average molecular weight is 629 g/mol. The van der Waals surface area contributed by atoms with Gasteiger partial charge < -0.3 is 15.1 Å². The van der Waals surface area contributed by atoms with E-state index in [1.54, 1.807) is 24.3 Å². The van der Waals surface area contributed by atoms with E-state index in [0.717, 1.165) is 63.5 Å². The van der Waals surface area contributed by atoms with Crippen LogP contribution >= 0.6 is 0 Å². The van der Waals surface area contributed by atoms with Crippen molar-refractivity contribution in [2.45, 2.75) is 71.6 Å². The van der Waals surface area contributed by atoms with Crippen molar-refractivity contribution in [1.29, 1.82) is 0 Å². The molecule has 46 heavy (non-hydrogen) atoms. The van der Waals surface area contributed by atoms with E-state index in [0.29, 0.717) is 40.8 Å². The van der Waals surface area contributed by atoms with E-state index < -0.39 is 34.8 Å². The fourth-order valence-corrected chi connectivity index (χ4v) is 5.86. The van der Waals surface area contributed by atoms with Crippen molar-refractivity contribution in [3.63, 3.8) is 0 Å². The lowest BCUT2D eigenvalue weighted by molar-refractivity contribution is -0.130. The van der Waals surface area contributed by atoms with Gasteiger partial charge in [0.1, 0.15) is 5.82 Å². The second kappa shape index (κ2) is 16.0. The van der Waals surface area contributed by atoms with E-state index in [2.05, 4.69) is 13.8 Å². The molecule has 0 fully saturated rings. The minimum atomic E-state index is -1.48. The summed E-state index contributed by atoms with van der Waals surface area (Å²) in [5.74, 6) is -4.04. The Morgan fingerprint density at radius 3 is 1.93 bits per heavy atom. The van der Waals surface area contributed by atoms with Gasteiger partial charge in [-0.2, -0.15) is 0 Å². The summed E-state index contributed by atoms with van der Waals surface area (Å²) in [6.07, 6.45) is 8.24. The third-order valence-corrected chi connectivity index (χ3v) is 8.27. The van der Waals surface area contributed by atoms with Crippen molar-refractivity contribution in [2.75, 3.05) is 13.1 Å². The van der Waals surface area contributed by atoms with E-state index in [4.69, 9.17) is 0 Å². The number of fused-ring (bicyclic) bond motifs is 1. The lowest BCUT2D eigenvalue weighted by Gasteiger charge is -2.23. The summed E-state index contributed by atoms with van der Waals surface area (Å²) in [5.41, 5.74) is 1.000. The number of amides is 1. The number of carboxylic acid groups (broad SMARTS) is 2. The molecule has 9 heteroatoms. The Labute approximate surface area is 268 Å². The summed E-state index contributed by atoms with van der Waals surface area (Å²) in [6.45, 7) is 5.57. The highest BCUT2D eigenvalue weighted by atomic mass is 19.1. The summed E-state index contributed by atoms with van der Waals surface area (Å²) < 4.78 is 15.5. The topological polar surface area (TPSA) is 117 Å². The van der Waals surface area contributed by atoms with Crippen LogP contribution in [0.4, 0.5) is 4.39 Å². The fraction of sp³-hybridized carbons (Fsp3) is 0.351. The zero-order valence-corrected chi connectivity index (χ0v) is 26.4. The first kappa shape index (κ1) is 34.1. The molecule has 4 aromatic rings. The molecule has 242 valence electrons. The third kappa shape index (κ3) is 7.88. The summed E-state index contributed by atoms with van der Waals surface area (Å²) >= 11 is 0. The Kier molecular flexibility index (Phi) is 11.8. The number of aromatic nitrogens is 1. The number of carbonyl (C=O) groups is 4. The molecule has 0 saturated carbocycles. The molecular weight excluding hydrogens is 587 g/mol. The van der Waals surface area contributed by atoms with Crippen LogP contribution in [-0.2, 0) is 11.2 Å². The molecule has 2 N–H and O–H groups in total. The quantitative estimate of drug-likeness (QED) is 0.121. The highest BCUT2D eigenvalue weighted by molar-refractivity contribution is 6.10. The highest BCUT2D eigenvalue weighted by Gasteiger charge is 2.27. The molecule has 8 nitrogen and oxygen atoms in total. The van der Waals surface area contributed by atoms with Gasteiger partial charge in [-0.1, -0.05) is 70.6 Å². The number of hydrogen-bond donors (Lipinski definition) is 2. The van der Waals surface area contributed by atoms with Crippen molar-refractivity contribution in [1.82, 2.24) is 9.47 Å². The Morgan fingerprint density at radius 1 is 0.739 bits per heavy atom. The Bertz CT molecular complexity index is 1700. The second-order valence-corrected chi connectivity index (χ2v) is 11.5. The van der Waals surface area contributed by atoms with Crippen LogP contribution in [0.15, 0.2) is 66.7 Å². The van der Waals surface area contributed by atoms with Crippen molar-refractivity contribution in [3.05, 3.63) is 94.8 Å². The molecule has 0 bridgehead atoms. The maximum Gasteiger partial charge on any atom is 0.336 e. The van der Waals surface area contributed by atoms with E-state index in [9.17, 15) is 33.8 Å². The second-order valence-electron chi connectivity index (χ2n) is 11.5. The first-order chi connectivity index (χ1) is 22.2. The van der Waals surface area contributed by atoms with Crippen LogP contribution in [0.2, 0.25) is 0 Å². The molecule has 0 spiro atoms. The monoisotopic (exact) mass is 628 g/mol. The van der Waals surface area contributed by atoms with E-state index in [1.807, 2.05) is 17.0 Å². The summed E-state index contributed by atoms with van der Waals surface area (Å²) in [6, 6.07) is 16.2. The molecule has 4 rings (SSSR count). The van der Waals surface area contributed by atoms with E-state index >= 15 is 0 Å². The summed E-state index contributed by atoms with van der Waals surface area (Å²) in [5, 5.41) is 19.9. The molecule has 0 aliphatic rings. The predicted octanol–water partition coefficient (Wildman–Crippen LogP) is 8.06. The van der Waals surface area contributed by atoms with Gasteiger partial charge in [-0.3, -0.25) is 14.2 Å². The first-order valence-corrected chi connectivity index (χ1v) is 16.0. The van der Waals surface area contributed by atoms with Gasteiger partial charge in [-0.15, -0.1) is 0 Å². The van der Waals surface area contributed by atoms with Gasteiger partial charge >= 0.3 is 11.9 Å². The number of benzene rings is 3. The average Bonchev–Trinajstić information content (AvgIpc) is 3.37. The van der Waals surface area contributed by atoms with Gasteiger partial charge in [0.2, 0.25) is 5.91 Å². The molecule has 0 aliphatic carbocycles. The normalized spacial score (nSPS) is 11.1. The number of unbranched alkanes of at least 4 members (excludes halogenated alkanes) is 6. The smallest absolute Gasteiger partial charge is 0.336 e. The van der Waals surface area contributed by atoms with Crippen LogP contribution < -0.4 is 0 Å². The van der Waals surface area contributed by atoms with Gasteiger partial charge in [-0.25, -0.2) is 14.0 Å². The summed E-state index contributed by atoms with van der Waals surface area (Å²) in [4.78, 5) is 53.8. The van der Waals surface area contributed by atoms with Gasteiger partial charge in [0.25, 0.3) is 5.91 Å². The van der Waals surface area contributed by atoms with Crippen LogP contribution in [0, 0.1) is 5.82 Å². The summed E-state index contributed by atoms with van der Waals surface area (Å²) in [7, 11) is 0. The number of carbonyl (C=O) groups excluding carboxylic acids is 2. The third-order valence-electron chi connectivity index (χ3n) is 8.27. The number of rotatable bonds is 16. The van der Waals surface area contributed by atoms with Gasteiger partial charge in [0.15, 0.2) is 0 Å². The molecule has 1 amide bonds. The minimum absolute atomic E-state index is 0.00733. The molecule has 0 aliphatic heterocycles. The fourth-order valence-electron chi connectivity index (χ4n) is 5.86. The number of aromatic carboxylic acids is 2. The van der Waals surface area contributed by atoms with Crippen molar-refractivity contribution in [3.8, 4) is 11.3 Å². The molecule has 3 aromatic carbocycles. The Morgan fingerprint density at radius 2 is 1.35 bits per heavy atom. The largest absolute Gasteiger partial charge is 0.478 e. The van der Waals surface area contributed by atoms with Crippen LogP contribution in [0.25, 0.3) is 22.2 Å². The number of hydrogen-bond acceptors (Lipinski definition) is 4. The SMILES string of the molecule is CCCCCCN(CCCCCC)C(=O)Cc1c(-c2ccc(F)cc2)n(C(=O)c2ccc(C(=O)O)c(C(=O)O)c2)c2ccccc12. The Hall–Kier alpha value is -4.79. The maximum absolute atomic E-state index is 14.3. The van der Waals surface area contributed by atoms with E-state index in [1.165, 1.54) is 22.8 Å².